The Kier molecular flexibility index (Phi) is 6.87. The van der Waals surface area contributed by atoms with Gasteiger partial charge in [0.05, 0.1) is 20.8 Å². The van der Waals surface area contributed by atoms with E-state index in [0.29, 0.717) is 19.1 Å². The molecule has 1 amide bonds. The van der Waals surface area contributed by atoms with Crippen LogP contribution in [0.3, 0.4) is 0 Å². The van der Waals surface area contributed by atoms with Gasteiger partial charge in [0.1, 0.15) is 11.5 Å². The summed E-state index contributed by atoms with van der Waals surface area (Å²) >= 11 is 0. The maximum atomic E-state index is 11.7. The summed E-state index contributed by atoms with van der Waals surface area (Å²) in [5.41, 5.74) is 0.892. The molecule has 0 fully saturated rings. The van der Waals surface area contributed by atoms with Crippen LogP contribution in [-0.4, -0.2) is 32.7 Å². The van der Waals surface area contributed by atoms with Crippen molar-refractivity contribution in [1.29, 1.82) is 0 Å². The van der Waals surface area contributed by atoms with E-state index in [-0.39, 0.29) is 5.91 Å². The standard InChI is InChI=1S/C15H24N2O3/c1-5-11(2)16-10-15(18)17-9-12-8-13(19-3)6-7-14(12)20-4/h6-8,11,16H,5,9-10H2,1-4H3,(H,17,18). The topological polar surface area (TPSA) is 59.6 Å². The van der Waals surface area contributed by atoms with E-state index in [9.17, 15) is 4.79 Å². The van der Waals surface area contributed by atoms with Gasteiger partial charge in [0.2, 0.25) is 5.91 Å². The van der Waals surface area contributed by atoms with Crippen LogP contribution in [-0.2, 0) is 11.3 Å². The van der Waals surface area contributed by atoms with Crippen molar-refractivity contribution in [2.45, 2.75) is 32.9 Å². The molecule has 0 aliphatic carbocycles. The smallest absolute Gasteiger partial charge is 0.234 e. The van der Waals surface area contributed by atoms with E-state index >= 15 is 0 Å². The van der Waals surface area contributed by atoms with Crippen molar-refractivity contribution < 1.29 is 14.3 Å². The lowest BCUT2D eigenvalue weighted by atomic mass is 10.2. The van der Waals surface area contributed by atoms with Crippen molar-refractivity contribution in [3.05, 3.63) is 23.8 Å². The molecule has 0 aliphatic heterocycles. The minimum absolute atomic E-state index is 0.0322. The summed E-state index contributed by atoms with van der Waals surface area (Å²) in [6.45, 7) is 4.87. The first-order valence-electron chi connectivity index (χ1n) is 6.81. The molecule has 0 aromatic heterocycles. The second kappa shape index (κ2) is 8.43. The molecule has 112 valence electrons. The van der Waals surface area contributed by atoms with Gasteiger partial charge in [-0.05, 0) is 31.5 Å². The second-order valence-electron chi connectivity index (χ2n) is 4.64. The quantitative estimate of drug-likeness (QED) is 0.761. The Morgan fingerprint density at radius 3 is 2.65 bits per heavy atom. The molecule has 5 nitrogen and oxygen atoms in total. The molecule has 2 N–H and O–H groups in total. The van der Waals surface area contributed by atoms with Crippen LogP contribution in [0.1, 0.15) is 25.8 Å². The Hall–Kier alpha value is -1.75. The zero-order valence-corrected chi connectivity index (χ0v) is 12.7. The van der Waals surface area contributed by atoms with Crippen LogP contribution in [0.15, 0.2) is 18.2 Å². The molecule has 0 aliphatic rings. The van der Waals surface area contributed by atoms with E-state index in [1.165, 1.54) is 0 Å². The maximum Gasteiger partial charge on any atom is 0.234 e. The van der Waals surface area contributed by atoms with Crippen LogP contribution in [0.2, 0.25) is 0 Å². The maximum absolute atomic E-state index is 11.7. The van der Waals surface area contributed by atoms with Crippen LogP contribution in [0.25, 0.3) is 0 Å². The highest BCUT2D eigenvalue weighted by molar-refractivity contribution is 5.78. The lowest BCUT2D eigenvalue weighted by Crippen LogP contribution is -2.37. The predicted molar refractivity (Wildman–Crippen MR) is 79.1 cm³/mol. The van der Waals surface area contributed by atoms with Gasteiger partial charge in [0, 0.05) is 18.2 Å². The molecule has 1 atom stereocenters. The molecule has 20 heavy (non-hydrogen) atoms. The Balaban J connectivity index is 2.53. The predicted octanol–water partition coefficient (Wildman–Crippen LogP) is 1.71. The highest BCUT2D eigenvalue weighted by Crippen LogP contribution is 2.23. The summed E-state index contributed by atoms with van der Waals surface area (Å²) < 4.78 is 10.4. The van der Waals surface area contributed by atoms with Gasteiger partial charge in [-0.3, -0.25) is 4.79 Å². The molecule has 1 aromatic carbocycles. The zero-order chi connectivity index (χ0) is 15.0. The van der Waals surface area contributed by atoms with Crippen LogP contribution in [0.4, 0.5) is 0 Å². The van der Waals surface area contributed by atoms with Gasteiger partial charge in [-0.25, -0.2) is 0 Å². The van der Waals surface area contributed by atoms with E-state index in [2.05, 4.69) is 24.5 Å². The van der Waals surface area contributed by atoms with Gasteiger partial charge in [-0.2, -0.15) is 0 Å². The van der Waals surface area contributed by atoms with Crippen LogP contribution in [0, 0.1) is 0 Å². The van der Waals surface area contributed by atoms with E-state index in [4.69, 9.17) is 9.47 Å². The van der Waals surface area contributed by atoms with Gasteiger partial charge < -0.3 is 20.1 Å². The number of carbonyl (C=O) groups is 1. The third kappa shape index (κ3) is 5.09. The third-order valence-electron chi connectivity index (χ3n) is 3.19. The highest BCUT2D eigenvalue weighted by Gasteiger charge is 2.08. The third-order valence-corrected chi connectivity index (χ3v) is 3.19. The number of ether oxygens (including phenoxy) is 2. The fraction of sp³-hybridized carbons (Fsp3) is 0.533. The van der Waals surface area contributed by atoms with Gasteiger partial charge >= 0.3 is 0 Å². The largest absolute Gasteiger partial charge is 0.497 e. The van der Waals surface area contributed by atoms with Crippen LogP contribution < -0.4 is 20.1 Å². The van der Waals surface area contributed by atoms with Crippen LogP contribution in [0.5, 0.6) is 11.5 Å². The van der Waals surface area contributed by atoms with E-state index < -0.39 is 0 Å². The number of amides is 1. The lowest BCUT2D eigenvalue weighted by Gasteiger charge is -2.13. The van der Waals surface area contributed by atoms with Gasteiger partial charge in [-0.15, -0.1) is 0 Å². The van der Waals surface area contributed by atoms with Gasteiger partial charge in [-0.1, -0.05) is 6.92 Å². The molecule has 0 saturated heterocycles. The van der Waals surface area contributed by atoms with Crippen LogP contribution >= 0.6 is 0 Å². The molecule has 5 heteroatoms. The first-order valence-corrected chi connectivity index (χ1v) is 6.81. The molecule has 0 heterocycles. The Morgan fingerprint density at radius 2 is 2.05 bits per heavy atom. The van der Waals surface area contributed by atoms with Gasteiger partial charge in [0.15, 0.2) is 0 Å². The fourth-order valence-corrected chi connectivity index (χ4v) is 1.69. The SMILES string of the molecule is CCC(C)NCC(=O)NCc1cc(OC)ccc1OC. The summed E-state index contributed by atoms with van der Waals surface area (Å²) in [4.78, 5) is 11.7. The Labute approximate surface area is 120 Å². The molecule has 1 rings (SSSR count). The molecular weight excluding hydrogens is 256 g/mol. The molecule has 0 saturated carbocycles. The monoisotopic (exact) mass is 280 g/mol. The summed E-state index contributed by atoms with van der Waals surface area (Å²) in [6.07, 6.45) is 0.997. The van der Waals surface area contributed by atoms with Crippen molar-refractivity contribution in [2.75, 3.05) is 20.8 Å². The second-order valence-corrected chi connectivity index (χ2v) is 4.64. The normalized spacial score (nSPS) is 11.8. The molecule has 1 aromatic rings. The van der Waals surface area contributed by atoms with E-state index in [0.717, 1.165) is 23.5 Å². The minimum Gasteiger partial charge on any atom is -0.497 e. The van der Waals surface area contributed by atoms with Crippen molar-refractivity contribution >= 4 is 5.91 Å². The number of hydrogen-bond acceptors (Lipinski definition) is 4. The minimum atomic E-state index is -0.0322. The van der Waals surface area contributed by atoms with E-state index in [1.807, 2.05) is 18.2 Å². The zero-order valence-electron chi connectivity index (χ0n) is 12.7. The average molecular weight is 280 g/mol. The van der Waals surface area contributed by atoms with Crippen molar-refractivity contribution in [2.24, 2.45) is 0 Å². The van der Waals surface area contributed by atoms with Crippen molar-refractivity contribution in [3.63, 3.8) is 0 Å². The number of nitrogens with one attached hydrogen (secondary N) is 2. The number of benzene rings is 1. The Morgan fingerprint density at radius 1 is 1.30 bits per heavy atom. The van der Waals surface area contributed by atoms with Crippen molar-refractivity contribution in [3.8, 4) is 11.5 Å². The molecular formula is C15H24N2O3. The summed E-state index contributed by atoms with van der Waals surface area (Å²) in [7, 11) is 3.22. The lowest BCUT2D eigenvalue weighted by molar-refractivity contribution is -0.120. The molecule has 0 radical (unpaired) electrons. The Bertz CT molecular complexity index is 435. The summed E-state index contributed by atoms with van der Waals surface area (Å²) in [5.74, 6) is 1.45. The first-order chi connectivity index (χ1) is 9.60. The summed E-state index contributed by atoms with van der Waals surface area (Å²) in [5, 5.41) is 6.02. The summed E-state index contributed by atoms with van der Waals surface area (Å²) in [6, 6.07) is 5.86. The number of hydrogen-bond donors (Lipinski definition) is 2. The first kappa shape index (κ1) is 16.3. The number of methoxy groups -OCH3 is 2. The highest BCUT2D eigenvalue weighted by atomic mass is 16.5. The fourth-order valence-electron chi connectivity index (χ4n) is 1.69. The molecule has 0 spiro atoms. The molecule has 0 bridgehead atoms. The number of rotatable bonds is 8. The van der Waals surface area contributed by atoms with Gasteiger partial charge in [0.25, 0.3) is 0 Å². The van der Waals surface area contributed by atoms with Crippen molar-refractivity contribution in [1.82, 2.24) is 10.6 Å². The average Bonchev–Trinajstić information content (AvgIpc) is 2.49. The molecule has 1 unspecified atom stereocenters. The van der Waals surface area contributed by atoms with E-state index in [1.54, 1.807) is 14.2 Å². The number of carbonyl (C=O) groups excluding carboxylic acids is 1.